The van der Waals surface area contributed by atoms with Crippen molar-refractivity contribution in [2.75, 3.05) is 18.0 Å². The highest BCUT2D eigenvalue weighted by Gasteiger charge is 2.26. The summed E-state index contributed by atoms with van der Waals surface area (Å²) in [5.74, 6) is 2.31. The monoisotopic (exact) mass is 296 g/mol. The van der Waals surface area contributed by atoms with Crippen LogP contribution in [-0.2, 0) is 0 Å². The first-order valence-electron chi connectivity index (χ1n) is 7.70. The quantitative estimate of drug-likeness (QED) is 0.870. The summed E-state index contributed by atoms with van der Waals surface area (Å²) in [5, 5.41) is 17.6. The lowest BCUT2D eigenvalue weighted by Gasteiger charge is -2.33. The molecule has 2 aromatic rings. The van der Waals surface area contributed by atoms with E-state index in [1.165, 1.54) is 0 Å². The summed E-state index contributed by atoms with van der Waals surface area (Å²) in [6.45, 7) is 6.08. The number of hydrogen-bond acceptors (Lipinski definition) is 5. The van der Waals surface area contributed by atoms with E-state index >= 15 is 0 Å². The molecule has 0 saturated carbocycles. The lowest BCUT2D eigenvalue weighted by Crippen LogP contribution is -2.34. The Morgan fingerprint density at radius 3 is 2.77 bits per heavy atom. The van der Waals surface area contributed by atoms with E-state index in [0.717, 1.165) is 37.6 Å². The predicted octanol–water partition coefficient (Wildman–Crippen LogP) is 2.51. The van der Waals surface area contributed by atoms with E-state index in [4.69, 9.17) is 0 Å². The zero-order chi connectivity index (χ0) is 15.5. The van der Waals surface area contributed by atoms with Crippen molar-refractivity contribution < 1.29 is 0 Å². The average Bonchev–Trinajstić information content (AvgIpc) is 3.05. The van der Waals surface area contributed by atoms with Crippen molar-refractivity contribution >= 4 is 5.82 Å². The van der Waals surface area contributed by atoms with Crippen molar-refractivity contribution in [3.8, 4) is 6.07 Å². The Labute approximate surface area is 130 Å². The molecule has 3 rings (SSSR count). The Bertz CT molecular complexity index is 676. The molecule has 1 saturated heterocycles. The van der Waals surface area contributed by atoms with Gasteiger partial charge in [-0.2, -0.15) is 5.26 Å². The van der Waals surface area contributed by atoms with Crippen LogP contribution >= 0.6 is 0 Å². The van der Waals surface area contributed by atoms with Crippen molar-refractivity contribution in [2.45, 2.75) is 38.6 Å². The van der Waals surface area contributed by atoms with Crippen molar-refractivity contribution in [1.29, 1.82) is 5.26 Å². The summed E-state index contributed by atoms with van der Waals surface area (Å²) in [6.07, 6.45) is 5.58. The summed E-state index contributed by atoms with van der Waals surface area (Å²) < 4.78 is 2.15. The largest absolute Gasteiger partial charge is 0.355 e. The summed E-state index contributed by atoms with van der Waals surface area (Å²) in [7, 11) is 0. The summed E-state index contributed by atoms with van der Waals surface area (Å²) in [6, 6.07) is 6.23. The third kappa shape index (κ3) is 2.67. The van der Waals surface area contributed by atoms with Crippen LogP contribution in [0.1, 0.15) is 50.0 Å². The number of anilines is 1. The molecule has 3 heterocycles. The number of pyridine rings is 1. The topological polar surface area (TPSA) is 70.6 Å². The van der Waals surface area contributed by atoms with E-state index < -0.39 is 0 Å². The van der Waals surface area contributed by atoms with E-state index in [0.29, 0.717) is 17.5 Å². The van der Waals surface area contributed by atoms with Crippen LogP contribution in [0.4, 0.5) is 5.82 Å². The second-order valence-electron chi connectivity index (χ2n) is 5.94. The van der Waals surface area contributed by atoms with Gasteiger partial charge in [-0.25, -0.2) is 4.98 Å². The van der Waals surface area contributed by atoms with Gasteiger partial charge in [0.1, 0.15) is 24.0 Å². The molecule has 0 bridgehead atoms. The maximum atomic E-state index is 9.21. The highest BCUT2D eigenvalue weighted by Crippen LogP contribution is 2.30. The van der Waals surface area contributed by atoms with Gasteiger partial charge in [0.15, 0.2) is 0 Å². The van der Waals surface area contributed by atoms with Gasteiger partial charge in [-0.05, 0) is 38.8 Å². The molecule has 0 spiro atoms. The molecule has 0 atom stereocenters. The van der Waals surface area contributed by atoms with Gasteiger partial charge in [0, 0.05) is 31.2 Å². The van der Waals surface area contributed by atoms with Gasteiger partial charge in [0.05, 0.1) is 5.56 Å². The Kier molecular flexibility index (Phi) is 4.05. The lowest BCUT2D eigenvalue weighted by atomic mass is 9.95. The predicted molar refractivity (Wildman–Crippen MR) is 83.5 cm³/mol. The molecule has 6 nitrogen and oxygen atoms in total. The minimum absolute atomic E-state index is 0.379. The average molecular weight is 296 g/mol. The Morgan fingerprint density at radius 2 is 2.09 bits per heavy atom. The number of piperidine rings is 1. The molecule has 0 N–H and O–H groups in total. The van der Waals surface area contributed by atoms with Crippen molar-refractivity contribution in [1.82, 2.24) is 19.7 Å². The molecule has 0 radical (unpaired) electrons. The molecule has 1 aliphatic rings. The third-order valence-corrected chi connectivity index (χ3v) is 4.22. The summed E-state index contributed by atoms with van der Waals surface area (Å²) >= 11 is 0. The fourth-order valence-electron chi connectivity index (χ4n) is 3.03. The highest BCUT2D eigenvalue weighted by molar-refractivity contribution is 5.53. The number of hydrogen-bond donors (Lipinski definition) is 0. The van der Waals surface area contributed by atoms with Crippen molar-refractivity contribution in [2.24, 2.45) is 0 Å². The van der Waals surface area contributed by atoms with Crippen LogP contribution in [0.3, 0.4) is 0 Å². The van der Waals surface area contributed by atoms with E-state index in [2.05, 4.69) is 44.6 Å². The molecule has 6 heteroatoms. The van der Waals surface area contributed by atoms with Crippen LogP contribution in [0, 0.1) is 11.3 Å². The van der Waals surface area contributed by atoms with Gasteiger partial charge in [-0.15, -0.1) is 10.2 Å². The fourth-order valence-corrected chi connectivity index (χ4v) is 3.03. The van der Waals surface area contributed by atoms with Gasteiger partial charge < -0.3 is 9.47 Å². The molecule has 0 aromatic carbocycles. The maximum Gasteiger partial charge on any atom is 0.146 e. The number of rotatable bonds is 3. The molecule has 0 unspecified atom stereocenters. The first-order chi connectivity index (χ1) is 10.7. The smallest absolute Gasteiger partial charge is 0.146 e. The van der Waals surface area contributed by atoms with E-state index in [-0.39, 0.29) is 0 Å². The minimum atomic E-state index is 0.379. The number of nitriles is 1. The maximum absolute atomic E-state index is 9.21. The Morgan fingerprint density at radius 1 is 1.32 bits per heavy atom. The normalized spacial score (nSPS) is 16.0. The van der Waals surface area contributed by atoms with Gasteiger partial charge in [0.25, 0.3) is 0 Å². The second kappa shape index (κ2) is 6.14. The lowest BCUT2D eigenvalue weighted by molar-refractivity contribution is 0.447. The van der Waals surface area contributed by atoms with Crippen LogP contribution in [0.25, 0.3) is 0 Å². The van der Waals surface area contributed by atoms with Crippen LogP contribution in [0.5, 0.6) is 0 Å². The van der Waals surface area contributed by atoms with Crippen molar-refractivity contribution in [3.63, 3.8) is 0 Å². The molecule has 0 amide bonds. The van der Waals surface area contributed by atoms with Crippen LogP contribution in [0.15, 0.2) is 24.7 Å². The first-order valence-corrected chi connectivity index (χ1v) is 7.70. The zero-order valence-electron chi connectivity index (χ0n) is 13.0. The molecular formula is C16H20N6. The van der Waals surface area contributed by atoms with E-state index in [1.807, 2.05) is 12.4 Å². The van der Waals surface area contributed by atoms with Crippen LogP contribution in [0.2, 0.25) is 0 Å². The molecule has 1 fully saturated rings. The molecule has 22 heavy (non-hydrogen) atoms. The highest BCUT2D eigenvalue weighted by atomic mass is 15.3. The van der Waals surface area contributed by atoms with Gasteiger partial charge in [-0.1, -0.05) is 0 Å². The van der Waals surface area contributed by atoms with Gasteiger partial charge >= 0.3 is 0 Å². The molecular weight excluding hydrogens is 276 g/mol. The zero-order valence-corrected chi connectivity index (χ0v) is 13.0. The van der Waals surface area contributed by atoms with Crippen LogP contribution in [-0.4, -0.2) is 32.8 Å². The molecule has 0 aliphatic carbocycles. The SMILES string of the molecule is CC(C)n1cnnc1C1CCN(c2ncccc2C#N)CC1. The standard InChI is InChI=1S/C16H20N6/c1-12(2)22-11-19-20-16(22)13-5-8-21(9-6-13)15-14(10-17)4-3-7-18-15/h3-4,7,11-13H,5-6,8-9H2,1-2H3. The van der Waals surface area contributed by atoms with Crippen molar-refractivity contribution in [3.05, 3.63) is 36.0 Å². The fraction of sp³-hybridized carbons (Fsp3) is 0.500. The van der Waals surface area contributed by atoms with E-state index in [9.17, 15) is 5.26 Å². The third-order valence-electron chi connectivity index (χ3n) is 4.22. The molecule has 1 aliphatic heterocycles. The molecule has 114 valence electrons. The first kappa shape index (κ1) is 14.5. The second-order valence-corrected chi connectivity index (χ2v) is 5.94. The Balaban J connectivity index is 1.73. The summed E-state index contributed by atoms with van der Waals surface area (Å²) in [4.78, 5) is 6.58. The van der Waals surface area contributed by atoms with Crippen LogP contribution < -0.4 is 4.90 Å². The minimum Gasteiger partial charge on any atom is -0.355 e. The van der Waals surface area contributed by atoms with E-state index in [1.54, 1.807) is 12.3 Å². The van der Waals surface area contributed by atoms with Gasteiger partial charge in [-0.3, -0.25) is 0 Å². The number of aromatic nitrogens is 4. The number of nitrogens with zero attached hydrogens (tertiary/aromatic N) is 6. The summed E-state index contributed by atoms with van der Waals surface area (Å²) in [5.41, 5.74) is 0.645. The van der Waals surface area contributed by atoms with Gasteiger partial charge in [0.2, 0.25) is 0 Å². The Hall–Kier alpha value is -2.42. The molecule has 2 aromatic heterocycles.